The normalized spacial score (nSPS) is 10.8. The molecule has 0 radical (unpaired) electrons. The molecule has 1 heterocycles. The maximum atomic E-state index is 5.94. The number of nitrogens with zero attached hydrogens (tertiary/aromatic N) is 2. The second kappa shape index (κ2) is 6.69. The highest BCUT2D eigenvalue weighted by Gasteiger charge is 2.06. The topological polar surface area (TPSA) is 37.8 Å². The number of nitrogens with one attached hydrogen (secondary N) is 1. The van der Waals surface area contributed by atoms with Gasteiger partial charge in [-0.2, -0.15) is 0 Å². The quantitative estimate of drug-likeness (QED) is 0.607. The van der Waals surface area contributed by atoms with Crippen LogP contribution in [0.5, 0.6) is 0 Å². The average Bonchev–Trinajstić information content (AvgIpc) is 2.23. The molecule has 0 aromatic carbocycles. The van der Waals surface area contributed by atoms with Crippen molar-refractivity contribution in [2.45, 2.75) is 46.0 Å². The number of hydrogen-bond donors (Lipinski definition) is 1. The number of unbranched alkanes of at least 4 members (excludes halogenated alkanes) is 2. The summed E-state index contributed by atoms with van der Waals surface area (Å²) in [6.07, 6.45) is 3.63. The molecule has 1 N–H and O–H groups in total. The maximum absolute atomic E-state index is 5.94. The molecule has 0 aliphatic heterocycles. The Hall–Kier alpha value is -0.830. The summed E-state index contributed by atoms with van der Waals surface area (Å²) < 4.78 is 0. The molecule has 1 aromatic rings. The summed E-state index contributed by atoms with van der Waals surface area (Å²) in [4.78, 5) is 8.62. The minimum atomic E-state index is 0.301. The molecule has 0 saturated carbocycles. The average molecular weight is 242 g/mol. The van der Waals surface area contributed by atoms with Crippen LogP contribution in [0.25, 0.3) is 0 Å². The van der Waals surface area contributed by atoms with Crippen LogP contribution in [0.3, 0.4) is 0 Å². The van der Waals surface area contributed by atoms with Crippen LogP contribution in [0.1, 0.15) is 51.8 Å². The van der Waals surface area contributed by atoms with Gasteiger partial charge >= 0.3 is 0 Å². The predicted octanol–water partition coefficient (Wildman–Crippen LogP) is 3.86. The van der Waals surface area contributed by atoms with Crippen molar-refractivity contribution in [3.8, 4) is 0 Å². The first-order chi connectivity index (χ1) is 7.63. The van der Waals surface area contributed by atoms with Crippen molar-refractivity contribution in [1.29, 1.82) is 0 Å². The third kappa shape index (κ3) is 4.35. The molecule has 4 heteroatoms. The minimum absolute atomic E-state index is 0.301. The summed E-state index contributed by atoms with van der Waals surface area (Å²) in [5.74, 6) is 1.93. The molecule has 0 spiro atoms. The first-order valence-electron chi connectivity index (χ1n) is 5.91. The summed E-state index contributed by atoms with van der Waals surface area (Å²) in [6.45, 7) is 7.26. The molecular weight excluding hydrogens is 222 g/mol. The van der Waals surface area contributed by atoms with Crippen molar-refractivity contribution < 1.29 is 0 Å². The third-order valence-corrected chi connectivity index (χ3v) is 2.51. The Morgan fingerprint density at radius 3 is 2.69 bits per heavy atom. The molecule has 90 valence electrons. The summed E-state index contributed by atoms with van der Waals surface area (Å²) in [5, 5.41) is 3.79. The van der Waals surface area contributed by atoms with E-state index < -0.39 is 0 Å². The highest BCUT2D eigenvalue weighted by atomic mass is 35.5. The molecule has 0 atom stereocenters. The van der Waals surface area contributed by atoms with E-state index in [9.17, 15) is 0 Å². The lowest BCUT2D eigenvalue weighted by Crippen LogP contribution is -2.06. The predicted molar refractivity (Wildman–Crippen MR) is 69.1 cm³/mol. The van der Waals surface area contributed by atoms with E-state index in [0.29, 0.717) is 11.1 Å². The van der Waals surface area contributed by atoms with E-state index in [1.54, 1.807) is 6.07 Å². The fourth-order valence-electron chi connectivity index (χ4n) is 1.38. The van der Waals surface area contributed by atoms with Crippen LogP contribution in [0, 0.1) is 0 Å². The molecule has 0 aliphatic carbocycles. The summed E-state index contributed by atoms with van der Waals surface area (Å²) >= 11 is 5.94. The van der Waals surface area contributed by atoms with Gasteiger partial charge in [0.05, 0.1) is 0 Å². The lowest BCUT2D eigenvalue weighted by atomic mass is 10.2. The van der Waals surface area contributed by atoms with E-state index in [1.165, 1.54) is 12.8 Å². The van der Waals surface area contributed by atoms with E-state index in [0.717, 1.165) is 24.6 Å². The highest BCUT2D eigenvalue weighted by Crippen LogP contribution is 2.16. The van der Waals surface area contributed by atoms with Gasteiger partial charge in [0.15, 0.2) is 0 Å². The summed E-state index contributed by atoms with van der Waals surface area (Å²) in [6, 6.07) is 1.78. The van der Waals surface area contributed by atoms with Crippen LogP contribution in [-0.2, 0) is 0 Å². The number of hydrogen-bond acceptors (Lipinski definition) is 3. The van der Waals surface area contributed by atoms with Crippen molar-refractivity contribution in [3.05, 3.63) is 17.0 Å². The first kappa shape index (κ1) is 13.2. The molecule has 3 nitrogen and oxygen atoms in total. The van der Waals surface area contributed by atoms with Gasteiger partial charge < -0.3 is 5.32 Å². The summed E-state index contributed by atoms with van der Waals surface area (Å²) in [7, 11) is 0. The van der Waals surface area contributed by atoms with Crippen LogP contribution in [0.2, 0.25) is 5.15 Å². The highest BCUT2D eigenvalue weighted by molar-refractivity contribution is 6.29. The Morgan fingerprint density at radius 2 is 2.06 bits per heavy atom. The van der Waals surface area contributed by atoms with Gasteiger partial charge in [-0.15, -0.1) is 0 Å². The summed E-state index contributed by atoms with van der Waals surface area (Å²) in [5.41, 5.74) is 0. The van der Waals surface area contributed by atoms with Gasteiger partial charge in [0, 0.05) is 18.5 Å². The fourth-order valence-corrected chi connectivity index (χ4v) is 1.57. The van der Waals surface area contributed by atoms with Crippen LogP contribution in [0.4, 0.5) is 5.82 Å². The van der Waals surface area contributed by atoms with E-state index in [-0.39, 0.29) is 0 Å². The second-order valence-electron chi connectivity index (χ2n) is 4.22. The monoisotopic (exact) mass is 241 g/mol. The molecule has 0 fully saturated rings. The standard InChI is InChI=1S/C12H20ClN3/c1-4-5-6-7-14-11-8-10(13)15-12(16-11)9(2)3/h8-9H,4-7H2,1-3H3,(H,14,15,16). The lowest BCUT2D eigenvalue weighted by Gasteiger charge is -2.09. The van der Waals surface area contributed by atoms with Crippen LogP contribution < -0.4 is 5.32 Å². The number of anilines is 1. The van der Waals surface area contributed by atoms with Gasteiger partial charge in [-0.3, -0.25) is 0 Å². The van der Waals surface area contributed by atoms with Gasteiger partial charge in [-0.25, -0.2) is 9.97 Å². The van der Waals surface area contributed by atoms with Gasteiger partial charge in [0.25, 0.3) is 0 Å². The zero-order chi connectivity index (χ0) is 12.0. The molecule has 1 aromatic heterocycles. The smallest absolute Gasteiger partial charge is 0.135 e. The van der Waals surface area contributed by atoms with E-state index in [2.05, 4.69) is 36.1 Å². The lowest BCUT2D eigenvalue weighted by molar-refractivity contribution is 0.737. The molecule has 0 bridgehead atoms. The van der Waals surface area contributed by atoms with Crippen molar-refractivity contribution in [2.75, 3.05) is 11.9 Å². The van der Waals surface area contributed by atoms with Crippen molar-refractivity contribution >= 4 is 17.4 Å². The Bertz CT molecular complexity index is 326. The maximum Gasteiger partial charge on any atom is 0.135 e. The first-order valence-corrected chi connectivity index (χ1v) is 6.29. The SMILES string of the molecule is CCCCCNc1cc(Cl)nc(C(C)C)n1. The fraction of sp³-hybridized carbons (Fsp3) is 0.667. The second-order valence-corrected chi connectivity index (χ2v) is 4.61. The molecule has 0 unspecified atom stereocenters. The van der Waals surface area contributed by atoms with E-state index in [4.69, 9.17) is 11.6 Å². The van der Waals surface area contributed by atoms with E-state index >= 15 is 0 Å². The largest absolute Gasteiger partial charge is 0.370 e. The van der Waals surface area contributed by atoms with Crippen LogP contribution >= 0.6 is 11.6 Å². The van der Waals surface area contributed by atoms with Gasteiger partial charge in [0.2, 0.25) is 0 Å². The Morgan fingerprint density at radius 1 is 1.31 bits per heavy atom. The van der Waals surface area contributed by atoms with Crippen LogP contribution in [-0.4, -0.2) is 16.5 Å². The molecule has 0 amide bonds. The van der Waals surface area contributed by atoms with Crippen molar-refractivity contribution in [2.24, 2.45) is 0 Å². The third-order valence-electron chi connectivity index (χ3n) is 2.32. The van der Waals surface area contributed by atoms with Crippen molar-refractivity contribution in [1.82, 2.24) is 9.97 Å². The van der Waals surface area contributed by atoms with Gasteiger partial charge in [0.1, 0.15) is 16.8 Å². The molecule has 0 saturated heterocycles. The molecule has 1 rings (SSSR count). The van der Waals surface area contributed by atoms with Crippen molar-refractivity contribution in [3.63, 3.8) is 0 Å². The Kier molecular flexibility index (Phi) is 5.53. The zero-order valence-electron chi connectivity index (χ0n) is 10.3. The number of halogens is 1. The Balaban J connectivity index is 2.58. The minimum Gasteiger partial charge on any atom is -0.370 e. The molecular formula is C12H20ClN3. The Labute approximate surface area is 103 Å². The zero-order valence-corrected chi connectivity index (χ0v) is 11.0. The van der Waals surface area contributed by atoms with E-state index in [1.807, 2.05) is 0 Å². The van der Waals surface area contributed by atoms with Gasteiger partial charge in [-0.05, 0) is 6.42 Å². The van der Waals surface area contributed by atoms with Crippen LogP contribution in [0.15, 0.2) is 6.07 Å². The molecule has 16 heavy (non-hydrogen) atoms. The van der Waals surface area contributed by atoms with Gasteiger partial charge in [-0.1, -0.05) is 45.2 Å². The number of rotatable bonds is 6. The molecule has 0 aliphatic rings. The number of aromatic nitrogens is 2.